The van der Waals surface area contributed by atoms with Gasteiger partial charge in [0, 0.05) is 3.92 Å². The number of alkyl halides is 1. The maximum Gasteiger partial charge on any atom is 0.134 e. The summed E-state index contributed by atoms with van der Waals surface area (Å²) in [7, 11) is 0. The Bertz CT molecular complexity index is 579. The van der Waals surface area contributed by atoms with E-state index in [0.29, 0.717) is 5.56 Å². The summed E-state index contributed by atoms with van der Waals surface area (Å²) in [5, 5.41) is 11.3. The zero-order chi connectivity index (χ0) is 15.7. The smallest absolute Gasteiger partial charge is 0.134 e. The van der Waals surface area contributed by atoms with Crippen molar-refractivity contribution in [1.29, 1.82) is 0 Å². The number of halogens is 3. The molecule has 0 aliphatic heterocycles. The summed E-state index contributed by atoms with van der Waals surface area (Å²) in [6.45, 7) is 0. The molecule has 2 aliphatic carbocycles. The quantitative estimate of drug-likeness (QED) is 0.431. The molecular formula is C18H20ClFIO-. The first-order valence-electron chi connectivity index (χ1n) is 8.04. The minimum absolute atomic E-state index is 0.0115. The predicted octanol–water partition coefficient (Wildman–Crippen LogP) is 5.73. The molecule has 0 spiro atoms. The summed E-state index contributed by atoms with van der Waals surface area (Å²) in [6.07, 6.45) is 10.8. The van der Waals surface area contributed by atoms with Gasteiger partial charge >= 0.3 is 0 Å². The van der Waals surface area contributed by atoms with E-state index < -0.39 is 11.6 Å². The van der Waals surface area contributed by atoms with Gasteiger partial charge in [0.25, 0.3) is 0 Å². The highest BCUT2D eigenvalue weighted by molar-refractivity contribution is 14.1. The molecule has 0 bridgehead atoms. The lowest BCUT2D eigenvalue weighted by atomic mass is 9.73. The van der Waals surface area contributed by atoms with Crippen molar-refractivity contribution in [2.75, 3.05) is 0 Å². The first-order chi connectivity index (χ1) is 10.6. The first-order valence-corrected chi connectivity index (χ1v) is 9.67. The second-order valence-electron chi connectivity index (χ2n) is 6.52. The highest BCUT2D eigenvalue weighted by Gasteiger charge is 2.28. The molecule has 3 rings (SSSR count). The van der Waals surface area contributed by atoms with E-state index in [4.69, 9.17) is 11.6 Å². The second kappa shape index (κ2) is 7.08. The number of hydrogen-bond acceptors (Lipinski definition) is 1. The van der Waals surface area contributed by atoms with Crippen molar-refractivity contribution in [2.45, 2.75) is 48.9 Å². The van der Waals surface area contributed by atoms with Gasteiger partial charge in [0.1, 0.15) is 5.82 Å². The maximum absolute atomic E-state index is 13.7. The van der Waals surface area contributed by atoms with Crippen LogP contribution in [-0.2, 0) is 0 Å². The Hall–Kier alpha value is -0.290. The van der Waals surface area contributed by atoms with Crippen molar-refractivity contribution in [3.05, 3.63) is 34.6 Å². The minimum Gasteiger partial charge on any atom is -0.870 e. The number of benzene rings is 1. The summed E-state index contributed by atoms with van der Waals surface area (Å²) >= 11 is 8.59. The zero-order valence-electron chi connectivity index (χ0n) is 12.5. The standard InChI is InChI=1S/C18H21ClFIO/c19-17-15(9-10-16(22)18(17)20)13-3-1-11(2-4-13)12-5-7-14(21)8-6-12/h3,9-12,14,22H,1-2,4-8H2/p-1. The lowest BCUT2D eigenvalue weighted by Crippen LogP contribution is -2.23. The molecule has 1 unspecified atom stereocenters. The average molecular weight is 434 g/mol. The highest BCUT2D eigenvalue weighted by Crippen LogP contribution is 2.42. The molecule has 1 nitrogen and oxygen atoms in total. The Kier molecular flexibility index (Phi) is 5.33. The van der Waals surface area contributed by atoms with E-state index in [-0.39, 0.29) is 5.02 Å². The van der Waals surface area contributed by atoms with E-state index in [1.165, 1.54) is 31.7 Å². The van der Waals surface area contributed by atoms with E-state index in [9.17, 15) is 9.50 Å². The van der Waals surface area contributed by atoms with Crippen LogP contribution in [0.4, 0.5) is 4.39 Å². The van der Waals surface area contributed by atoms with Gasteiger partial charge in [-0.1, -0.05) is 58.2 Å². The molecule has 22 heavy (non-hydrogen) atoms. The molecule has 0 heterocycles. The van der Waals surface area contributed by atoms with Gasteiger partial charge in [0.2, 0.25) is 0 Å². The normalized spacial score (nSPS) is 29.2. The number of hydrogen-bond donors (Lipinski definition) is 0. The molecule has 0 aromatic heterocycles. The van der Waals surface area contributed by atoms with Gasteiger partial charge in [-0.25, -0.2) is 4.39 Å². The molecule has 1 aromatic carbocycles. The van der Waals surface area contributed by atoms with Crippen molar-refractivity contribution < 1.29 is 9.50 Å². The summed E-state index contributed by atoms with van der Waals surface area (Å²) in [5.41, 5.74) is 1.80. The van der Waals surface area contributed by atoms with Crippen molar-refractivity contribution in [3.63, 3.8) is 0 Å². The molecule has 1 saturated carbocycles. The van der Waals surface area contributed by atoms with E-state index >= 15 is 0 Å². The largest absolute Gasteiger partial charge is 0.870 e. The van der Waals surface area contributed by atoms with Gasteiger partial charge in [-0.3, -0.25) is 0 Å². The average Bonchev–Trinajstić information content (AvgIpc) is 2.54. The molecule has 0 N–H and O–H groups in total. The summed E-state index contributed by atoms with van der Waals surface area (Å²) in [5.74, 6) is 0.163. The molecular weight excluding hydrogens is 414 g/mol. The van der Waals surface area contributed by atoms with E-state index in [0.717, 1.165) is 40.6 Å². The lowest BCUT2D eigenvalue weighted by Gasteiger charge is -2.34. The Labute approximate surface area is 150 Å². The third-order valence-electron chi connectivity index (χ3n) is 5.21. The third kappa shape index (κ3) is 3.45. The van der Waals surface area contributed by atoms with Crippen molar-refractivity contribution in [3.8, 4) is 5.75 Å². The van der Waals surface area contributed by atoms with Crippen LogP contribution in [0.3, 0.4) is 0 Å². The monoisotopic (exact) mass is 433 g/mol. The molecule has 0 saturated heterocycles. The number of allylic oxidation sites excluding steroid dienone is 2. The van der Waals surface area contributed by atoms with Crippen LogP contribution >= 0.6 is 34.2 Å². The summed E-state index contributed by atoms with van der Waals surface area (Å²) in [6, 6.07) is 2.95. The molecule has 4 heteroatoms. The Morgan fingerprint density at radius 3 is 2.45 bits per heavy atom. The summed E-state index contributed by atoms with van der Waals surface area (Å²) in [4.78, 5) is 0. The van der Waals surface area contributed by atoms with Crippen molar-refractivity contribution in [2.24, 2.45) is 11.8 Å². The van der Waals surface area contributed by atoms with Crippen LogP contribution in [0.1, 0.15) is 50.5 Å². The van der Waals surface area contributed by atoms with Gasteiger partial charge < -0.3 is 5.11 Å². The molecule has 2 aliphatic rings. The predicted molar refractivity (Wildman–Crippen MR) is 95.9 cm³/mol. The fraction of sp³-hybridized carbons (Fsp3) is 0.556. The molecule has 0 amide bonds. The van der Waals surface area contributed by atoms with Crippen molar-refractivity contribution in [1.82, 2.24) is 0 Å². The SMILES string of the molecule is [O-]c1ccc(C2=CCC(C3CCC(I)CC3)CC2)c(Cl)c1F. The third-order valence-corrected chi connectivity index (χ3v) is 6.83. The van der Waals surface area contributed by atoms with Crippen LogP contribution in [0, 0.1) is 17.7 Å². The lowest BCUT2D eigenvalue weighted by molar-refractivity contribution is -0.272. The molecule has 1 aromatic rings. The van der Waals surface area contributed by atoms with Gasteiger partial charge in [-0.05, 0) is 67.9 Å². The van der Waals surface area contributed by atoms with E-state index in [1.54, 1.807) is 6.07 Å². The maximum atomic E-state index is 13.7. The number of rotatable bonds is 2. The van der Waals surface area contributed by atoms with Gasteiger partial charge in [-0.2, -0.15) is 0 Å². The highest BCUT2D eigenvalue weighted by atomic mass is 127. The van der Waals surface area contributed by atoms with E-state index in [1.807, 2.05) is 0 Å². The van der Waals surface area contributed by atoms with Gasteiger partial charge in [-0.15, -0.1) is 0 Å². The fourth-order valence-corrected chi connectivity index (χ4v) is 4.85. The Morgan fingerprint density at radius 1 is 1.09 bits per heavy atom. The topological polar surface area (TPSA) is 23.1 Å². The van der Waals surface area contributed by atoms with Crippen LogP contribution in [0.5, 0.6) is 5.75 Å². The van der Waals surface area contributed by atoms with Crippen LogP contribution in [-0.4, -0.2) is 3.92 Å². The van der Waals surface area contributed by atoms with Crippen LogP contribution < -0.4 is 5.11 Å². The Balaban J connectivity index is 1.70. The van der Waals surface area contributed by atoms with Crippen LogP contribution in [0.15, 0.2) is 18.2 Å². The molecule has 1 fully saturated rings. The van der Waals surface area contributed by atoms with Crippen molar-refractivity contribution >= 4 is 39.8 Å². The Morgan fingerprint density at radius 2 is 1.82 bits per heavy atom. The first kappa shape index (κ1) is 16.6. The molecule has 120 valence electrons. The van der Waals surface area contributed by atoms with Crippen LogP contribution in [0.25, 0.3) is 5.57 Å². The molecule has 0 radical (unpaired) electrons. The zero-order valence-corrected chi connectivity index (χ0v) is 15.4. The summed E-state index contributed by atoms with van der Waals surface area (Å²) < 4.78 is 14.5. The van der Waals surface area contributed by atoms with E-state index in [2.05, 4.69) is 28.7 Å². The molecule has 1 atom stereocenters. The fourth-order valence-electron chi connectivity index (χ4n) is 3.86. The van der Waals surface area contributed by atoms with Gasteiger partial charge in [0.15, 0.2) is 0 Å². The van der Waals surface area contributed by atoms with Crippen LogP contribution in [0.2, 0.25) is 5.02 Å². The minimum atomic E-state index is -0.817. The van der Waals surface area contributed by atoms with Gasteiger partial charge in [0.05, 0.1) is 5.02 Å². The second-order valence-corrected chi connectivity index (χ2v) is 8.65.